The summed E-state index contributed by atoms with van der Waals surface area (Å²) in [4.78, 5) is 31.3. The van der Waals surface area contributed by atoms with Crippen LogP contribution < -0.4 is 0 Å². The number of hydrogen-bond acceptors (Lipinski definition) is 7. The van der Waals surface area contributed by atoms with Crippen LogP contribution in [-0.4, -0.2) is 56.9 Å². The van der Waals surface area contributed by atoms with Crippen LogP contribution in [-0.2, 0) is 6.54 Å². The van der Waals surface area contributed by atoms with E-state index in [1.807, 2.05) is 4.90 Å². The molecule has 0 spiro atoms. The van der Waals surface area contributed by atoms with Gasteiger partial charge in [-0.15, -0.1) is 0 Å². The molecule has 1 fully saturated rings. The number of piperazine rings is 1. The van der Waals surface area contributed by atoms with Crippen molar-refractivity contribution in [3.8, 4) is 11.4 Å². The van der Waals surface area contributed by atoms with Crippen LogP contribution in [0.15, 0.2) is 53.1 Å². The first-order valence-electron chi connectivity index (χ1n) is 9.34. The van der Waals surface area contributed by atoms with Crippen molar-refractivity contribution in [2.45, 2.75) is 6.54 Å². The van der Waals surface area contributed by atoms with Crippen molar-refractivity contribution in [1.29, 1.82) is 0 Å². The van der Waals surface area contributed by atoms with Gasteiger partial charge >= 0.3 is 0 Å². The normalized spacial score (nSPS) is 14.6. The van der Waals surface area contributed by atoms with Crippen molar-refractivity contribution in [3.05, 3.63) is 75.1 Å². The number of nitro groups is 1. The third-order valence-electron chi connectivity index (χ3n) is 4.89. The predicted molar refractivity (Wildman–Crippen MR) is 109 cm³/mol. The highest BCUT2D eigenvalue weighted by molar-refractivity contribution is 6.30. The Bertz CT molecular complexity index is 1060. The van der Waals surface area contributed by atoms with E-state index in [9.17, 15) is 14.9 Å². The van der Waals surface area contributed by atoms with Gasteiger partial charge in [0.05, 0.1) is 11.5 Å². The number of hydrogen-bond donors (Lipinski definition) is 0. The van der Waals surface area contributed by atoms with Crippen LogP contribution in [0.1, 0.15) is 16.2 Å². The van der Waals surface area contributed by atoms with E-state index in [0.29, 0.717) is 60.6 Å². The highest BCUT2D eigenvalue weighted by Gasteiger charge is 2.23. The standard InChI is InChI=1S/C20H18ClN5O4/c21-16-6-4-14(5-7-16)20(27)25-10-8-24(9-11-25)13-18-22-19(23-30-18)15-2-1-3-17(12-15)26(28)29/h1-7,12H,8-11,13H2. The minimum absolute atomic E-state index is 0.0166. The number of carbonyl (C=O) groups is 1. The molecule has 4 rings (SSSR count). The van der Waals surface area contributed by atoms with Gasteiger partial charge in [-0.25, -0.2) is 0 Å². The largest absolute Gasteiger partial charge is 0.338 e. The average Bonchev–Trinajstić information content (AvgIpc) is 3.23. The lowest BCUT2D eigenvalue weighted by atomic mass is 10.2. The van der Waals surface area contributed by atoms with E-state index >= 15 is 0 Å². The first-order valence-corrected chi connectivity index (χ1v) is 9.72. The maximum atomic E-state index is 12.6. The van der Waals surface area contributed by atoms with E-state index in [0.717, 1.165) is 0 Å². The SMILES string of the molecule is O=C(c1ccc(Cl)cc1)N1CCN(Cc2nc(-c3cccc([N+](=O)[O-])c3)no2)CC1. The summed E-state index contributed by atoms with van der Waals surface area (Å²) >= 11 is 5.88. The van der Waals surface area contributed by atoms with E-state index in [1.54, 1.807) is 36.4 Å². The number of non-ortho nitro benzene ring substituents is 1. The van der Waals surface area contributed by atoms with Gasteiger partial charge in [-0.1, -0.05) is 28.9 Å². The molecule has 0 aliphatic carbocycles. The molecule has 2 heterocycles. The number of benzene rings is 2. The Hall–Kier alpha value is -3.30. The minimum atomic E-state index is -0.463. The molecule has 1 aliphatic heterocycles. The highest BCUT2D eigenvalue weighted by atomic mass is 35.5. The molecule has 30 heavy (non-hydrogen) atoms. The third kappa shape index (κ3) is 4.47. The molecule has 0 N–H and O–H groups in total. The van der Waals surface area contributed by atoms with Gasteiger partial charge in [0.1, 0.15) is 0 Å². The van der Waals surface area contributed by atoms with Crippen LogP contribution in [0.25, 0.3) is 11.4 Å². The van der Waals surface area contributed by atoms with Crippen molar-refractivity contribution in [2.24, 2.45) is 0 Å². The number of rotatable bonds is 5. The zero-order valence-corrected chi connectivity index (χ0v) is 16.7. The van der Waals surface area contributed by atoms with Crippen LogP contribution in [0.2, 0.25) is 5.02 Å². The quantitative estimate of drug-likeness (QED) is 0.454. The molecule has 9 nitrogen and oxygen atoms in total. The van der Waals surface area contributed by atoms with Gasteiger partial charge in [0.25, 0.3) is 11.6 Å². The Morgan fingerprint density at radius 2 is 1.87 bits per heavy atom. The van der Waals surface area contributed by atoms with E-state index in [4.69, 9.17) is 16.1 Å². The Morgan fingerprint density at radius 3 is 2.57 bits per heavy atom. The second-order valence-electron chi connectivity index (χ2n) is 6.89. The fourth-order valence-corrected chi connectivity index (χ4v) is 3.40. The van der Waals surface area contributed by atoms with Crippen molar-refractivity contribution in [2.75, 3.05) is 26.2 Å². The predicted octanol–water partition coefficient (Wildman–Crippen LogP) is 3.26. The summed E-state index contributed by atoms with van der Waals surface area (Å²) in [6.07, 6.45) is 0. The maximum Gasteiger partial charge on any atom is 0.270 e. The van der Waals surface area contributed by atoms with Gasteiger partial charge in [0.2, 0.25) is 11.7 Å². The summed E-state index contributed by atoms with van der Waals surface area (Å²) in [6.45, 7) is 2.98. The van der Waals surface area contributed by atoms with Crippen LogP contribution >= 0.6 is 11.6 Å². The monoisotopic (exact) mass is 427 g/mol. The van der Waals surface area contributed by atoms with E-state index in [2.05, 4.69) is 15.0 Å². The lowest BCUT2D eigenvalue weighted by Crippen LogP contribution is -2.48. The molecular weight excluding hydrogens is 410 g/mol. The number of carbonyl (C=O) groups excluding carboxylic acids is 1. The van der Waals surface area contributed by atoms with Crippen LogP contribution in [0.4, 0.5) is 5.69 Å². The summed E-state index contributed by atoms with van der Waals surface area (Å²) in [7, 11) is 0. The number of halogens is 1. The third-order valence-corrected chi connectivity index (χ3v) is 5.14. The van der Waals surface area contributed by atoms with Crippen molar-refractivity contribution in [3.63, 3.8) is 0 Å². The summed E-state index contributed by atoms with van der Waals surface area (Å²) in [5.74, 6) is 0.719. The zero-order valence-electron chi connectivity index (χ0n) is 15.9. The average molecular weight is 428 g/mol. The molecule has 0 bridgehead atoms. The molecule has 1 aromatic heterocycles. The summed E-state index contributed by atoms with van der Waals surface area (Å²) < 4.78 is 5.31. The molecule has 1 aliphatic rings. The van der Waals surface area contributed by atoms with Gasteiger partial charge in [0, 0.05) is 54.5 Å². The first-order chi connectivity index (χ1) is 14.5. The van der Waals surface area contributed by atoms with Crippen LogP contribution in [0.3, 0.4) is 0 Å². The first kappa shape index (κ1) is 20.0. The number of amides is 1. The van der Waals surface area contributed by atoms with Gasteiger partial charge < -0.3 is 9.42 Å². The Morgan fingerprint density at radius 1 is 1.13 bits per heavy atom. The molecule has 3 aromatic rings. The Labute approximate surface area is 177 Å². The van der Waals surface area contributed by atoms with E-state index < -0.39 is 4.92 Å². The fourth-order valence-electron chi connectivity index (χ4n) is 3.27. The Kier molecular flexibility index (Phi) is 5.73. The smallest absolute Gasteiger partial charge is 0.270 e. The van der Waals surface area contributed by atoms with Crippen molar-refractivity contribution >= 4 is 23.2 Å². The summed E-state index contributed by atoms with van der Waals surface area (Å²) in [5.41, 5.74) is 1.12. The van der Waals surface area contributed by atoms with Crippen molar-refractivity contribution in [1.82, 2.24) is 19.9 Å². The van der Waals surface area contributed by atoms with Gasteiger partial charge in [-0.05, 0) is 24.3 Å². The van der Waals surface area contributed by atoms with Gasteiger partial charge in [0.15, 0.2) is 0 Å². The van der Waals surface area contributed by atoms with E-state index in [1.165, 1.54) is 12.1 Å². The summed E-state index contributed by atoms with van der Waals surface area (Å²) in [6, 6.07) is 13.0. The van der Waals surface area contributed by atoms with Crippen LogP contribution in [0, 0.1) is 10.1 Å². The number of nitro benzene ring substituents is 1. The fraction of sp³-hybridized carbons (Fsp3) is 0.250. The maximum absolute atomic E-state index is 12.6. The molecule has 154 valence electrons. The molecule has 1 amide bonds. The molecule has 0 atom stereocenters. The van der Waals surface area contributed by atoms with Gasteiger partial charge in [-0.3, -0.25) is 19.8 Å². The number of nitrogens with zero attached hydrogens (tertiary/aromatic N) is 5. The second kappa shape index (κ2) is 8.60. The van der Waals surface area contributed by atoms with Crippen LogP contribution in [0.5, 0.6) is 0 Å². The lowest BCUT2D eigenvalue weighted by molar-refractivity contribution is -0.384. The molecule has 0 radical (unpaired) electrons. The van der Waals surface area contributed by atoms with Gasteiger partial charge in [-0.2, -0.15) is 4.98 Å². The lowest BCUT2D eigenvalue weighted by Gasteiger charge is -2.34. The molecular formula is C20H18ClN5O4. The highest BCUT2D eigenvalue weighted by Crippen LogP contribution is 2.22. The van der Waals surface area contributed by atoms with Crippen molar-refractivity contribution < 1.29 is 14.2 Å². The summed E-state index contributed by atoms with van der Waals surface area (Å²) in [5, 5.41) is 15.5. The molecule has 10 heteroatoms. The molecule has 2 aromatic carbocycles. The topological polar surface area (TPSA) is 106 Å². The van der Waals surface area contributed by atoms with E-state index in [-0.39, 0.29) is 11.6 Å². The molecule has 0 unspecified atom stereocenters. The molecule has 1 saturated heterocycles. The second-order valence-corrected chi connectivity index (χ2v) is 7.33. The molecule has 0 saturated carbocycles. The Balaban J connectivity index is 1.35. The minimum Gasteiger partial charge on any atom is -0.338 e. The zero-order chi connectivity index (χ0) is 21.1. The number of aromatic nitrogens is 2.